The molecule has 0 aliphatic heterocycles. The third-order valence-corrected chi connectivity index (χ3v) is 2.57. The van der Waals surface area contributed by atoms with Gasteiger partial charge in [0.1, 0.15) is 11.6 Å². The molecule has 2 aromatic rings. The van der Waals surface area contributed by atoms with Crippen LogP contribution in [-0.4, -0.2) is 10.2 Å². The van der Waals surface area contributed by atoms with E-state index in [4.69, 9.17) is 5.73 Å². The average Bonchev–Trinajstić information content (AvgIpc) is 2.64. The van der Waals surface area contributed by atoms with Crippen LogP contribution in [0.3, 0.4) is 0 Å². The normalized spacial score (nSPS) is 10.8. The molecular weight excluding hydrogens is 280 g/mol. The summed E-state index contributed by atoms with van der Waals surface area (Å²) in [5.74, 6) is -1.33. The molecule has 1 heterocycles. The third-order valence-electron chi connectivity index (χ3n) is 2.11. The minimum absolute atomic E-state index is 0.154. The number of aromatic amines is 1. The van der Waals surface area contributed by atoms with Crippen molar-refractivity contribution in [2.24, 2.45) is 5.73 Å². The van der Waals surface area contributed by atoms with Crippen LogP contribution in [0, 0.1) is 11.6 Å². The number of hydrogen-bond donors (Lipinski definition) is 2. The fourth-order valence-corrected chi connectivity index (χ4v) is 1.78. The first-order valence-electron chi connectivity index (χ1n) is 4.51. The van der Waals surface area contributed by atoms with E-state index in [1.807, 2.05) is 0 Å². The maximum absolute atomic E-state index is 13.6. The molecule has 0 unspecified atom stereocenters. The molecule has 0 saturated heterocycles. The van der Waals surface area contributed by atoms with E-state index in [2.05, 4.69) is 26.1 Å². The number of rotatable bonds is 2. The second kappa shape index (κ2) is 4.31. The van der Waals surface area contributed by atoms with Gasteiger partial charge >= 0.3 is 0 Å². The van der Waals surface area contributed by atoms with E-state index >= 15 is 0 Å². The molecule has 84 valence electrons. The Bertz CT molecular complexity index is 502. The zero-order chi connectivity index (χ0) is 11.7. The van der Waals surface area contributed by atoms with E-state index in [1.165, 1.54) is 18.2 Å². The highest BCUT2D eigenvalue weighted by Crippen LogP contribution is 2.27. The van der Waals surface area contributed by atoms with Crippen LogP contribution < -0.4 is 5.73 Å². The Hall–Kier alpha value is -1.27. The van der Waals surface area contributed by atoms with E-state index in [0.29, 0.717) is 10.2 Å². The highest BCUT2D eigenvalue weighted by Gasteiger charge is 2.15. The first-order valence-corrected chi connectivity index (χ1v) is 5.30. The lowest BCUT2D eigenvalue weighted by atomic mass is 10.1. The standard InChI is InChI=1S/C10H8BrF2N3/c11-5-1-7(12)10(8(13)2-5)9-3-6(4-14)15-16-9/h1-3H,4,14H2,(H,15,16). The SMILES string of the molecule is NCc1cc(-c2c(F)cc(Br)cc2F)n[nH]1. The van der Waals surface area contributed by atoms with Crippen LogP contribution in [0.25, 0.3) is 11.3 Å². The van der Waals surface area contributed by atoms with Crippen molar-refractivity contribution in [3.05, 3.63) is 40.0 Å². The lowest BCUT2D eigenvalue weighted by Crippen LogP contribution is -1.95. The number of hydrogen-bond acceptors (Lipinski definition) is 2. The van der Waals surface area contributed by atoms with E-state index in [0.717, 1.165) is 0 Å². The van der Waals surface area contributed by atoms with Crippen LogP contribution in [0.15, 0.2) is 22.7 Å². The van der Waals surface area contributed by atoms with Gasteiger partial charge in [0, 0.05) is 16.7 Å². The number of halogens is 3. The Balaban J connectivity index is 2.55. The fourth-order valence-electron chi connectivity index (χ4n) is 1.38. The van der Waals surface area contributed by atoms with Crippen LogP contribution >= 0.6 is 15.9 Å². The summed E-state index contributed by atoms with van der Waals surface area (Å²) in [5, 5.41) is 6.41. The van der Waals surface area contributed by atoms with Gasteiger partial charge in [-0.15, -0.1) is 0 Å². The van der Waals surface area contributed by atoms with Crippen LogP contribution in [0.2, 0.25) is 0 Å². The Morgan fingerprint density at radius 3 is 2.38 bits per heavy atom. The molecular formula is C10H8BrF2N3. The van der Waals surface area contributed by atoms with Crippen LogP contribution in [0.4, 0.5) is 8.78 Å². The zero-order valence-electron chi connectivity index (χ0n) is 8.10. The monoisotopic (exact) mass is 287 g/mol. The highest BCUT2D eigenvalue weighted by atomic mass is 79.9. The van der Waals surface area contributed by atoms with Crippen molar-refractivity contribution in [2.75, 3.05) is 0 Å². The van der Waals surface area contributed by atoms with Crippen molar-refractivity contribution in [3.63, 3.8) is 0 Å². The number of nitrogens with one attached hydrogen (secondary N) is 1. The number of H-pyrrole nitrogens is 1. The van der Waals surface area contributed by atoms with Gasteiger partial charge in [-0.1, -0.05) is 15.9 Å². The van der Waals surface area contributed by atoms with E-state index in [1.54, 1.807) is 0 Å². The van der Waals surface area contributed by atoms with Crippen LogP contribution in [0.5, 0.6) is 0 Å². The largest absolute Gasteiger partial charge is 0.325 e. The molecule has 3 nitrogen and oxygen atoms in total. The van der Waals surface area contributed by atoms with Gasteiger partial charge in [-0.3, -0.25) is 5.10 Å². The van der Waals surface area contributed by atoms with Gasteiger partial charge in [0.25, 0.3) is 0 Å². The van der Waals surface area contributed by atoms with Crippen LogP contribution in [0.1, 0.15) is 5.69 Å². The summed E-state index contributed by atoms with van der Waals surface area (Å²) < 4.78 is 27.5. The molecule has 3 N–H and O–H groups in total. The van der Waals surface area contributed by atoms with E-state index in [9.17, 15) is 8.78 Å². The van der Waals surface area contributed by atoms with Gasteiger partial charge in [0.05, 0.1) is 11.3 Å². The van der Waals surface area contributed by atoms with Crippen molar-refractivity contribution < 1.29 is 8.78 Å². The lowest BCUT2D eigenvalue weighted by molar-refractivity contribution is 0.587. The summed E-state index contributed by atoms with van der Waals surface area (Å²) in [4.78, 5) is 0. The number of nitrogens with zero attached hydrogens (tertiary/aromatic N) is 1. The molecule has 0 fully saturated rings. The molecule has 6 heteroatoms. The van der Waals surface area contributed by atoms with E-state index < -0.39 is 11.6 Å². The van der Waals surface area contributed by atoms with Gasteiger partial charge in [-0.2, -0.15) is 5.10 Å². The topological polar surface area (TPSA) is 54.7 Å². The Morgan fingerprint density at radius 2 is 1.88 bits per heavy atom. The zero-order valence-corrected chi connectivity index (χ0v) is 9.68. The Kier molecular flexibility index (Phi) is 3.02. The molecule has 1 aromatic carbocycles. The minimum Gasteiger partial charge on any atom is -0.325 e. The molecule has 0 spiro atoms. The van der Waals surface area contributed by atoms with Gasteiger partial charge in [-0.25, -0.2) is 8.78 Å². The summed E-state index contributed by atoms with van der Waals surface area (Å²) >= 11 is 3.01. The average molecular weight is 288 g/mol. The molecule has 0 bridgehead atoms. The van der Waals surface area contributed by atoms with Gasteiger partial charge in [0.15, 0.2) is 0 Å². The van der Waals surface area contributed by atoms with Gasteiger partial charge in [0.2, 0.25) is 0 Å². The first-order chi connectivity index (χ1) is 7.61. The Labute approximate surface area is 98.8 Å². The van der Waals surface area contributed by atoms with Crippen molar-refractivity contribution in [1.29, 1.82) is 0 Å². The molecule has 0 radical (unpaired) electrons. The van der Waals surface area contributed by atoms with E-state index in [-0.39, 0.29) is 17.8 Å². The minimum atomic E-state index is -0.665. The van der Waals surface area contributed by atoms with Gasteiger partial charge in [-0.05, 0) is 18.2 Å². The number of aromatic nitrogens is 2. The summed E-state index contributed by atoms with van der Waals surface area (Å²) in [6.45, 7) is 0.243. The fraction of sp³-hybridized carbons (Fsp3) is 0.100. The predicted octanol–water partition coefficient (Wildman–Crippen LogP) is 2.58. The number of benzene rings is 1. The molecule has 0 saturated carbocycles. The predicted molar refractivity (Wildman–Crippen MR) is 59.5 cm³/mol. The van der Waals surface area contributed by atoms with Crippen molar-refractivity contribution >= 4 is 15.9 Å². The summed E-state index contributed by atoms with van der Waals surface area (Å²) in [7, 11) is 0. The molecule has 2 rings (SSSR count). The Morgan fingerprint density at radius 1 is 1.25 bits per heavy atom. The highest BCUT2D eigenvalue weighted by molar-refractivity contribution is 9.10. The second-order valence-electron chi connectivity index (χ2n) is 3.23. The molecule has 0 atom stereocenters. The lowest BCUT2D eigenvalue weighted by Gasteiger charge is -2.01. The maximum atomic E-state index is 13.6. The third kappa shape index (κ3) is 1.98. The summed E-state index contributed by atoms with van der Waals surface area (Å²) in [6, 6.07) is 3.90. The quantitative estimate of drug-likeness (QED) is 0.892. The maximum Gasteiger partial charge on any atom is 0.136 e. The summed E-state index contributed by atoms with van der Waals surface area (Å²) in [5.41, 5.74) is 6.05. The first kappa shape index (κ1) is 11.2. The molecule has 0 aliphatic rings. The molecule has 0 aliphatic carbocycles. The second-order valence-corrected chi connectivity index (χ2v) is 4.14. The van der Waals surface area contributed by atoms with Crippen molar-refractivity contribution in [3.8, 4) is 11.3 Å². The molecule has 1 aromatic heterocycles. The van der Waals surface area contributed by atoms with Crippen molar-refractivity contribution in [1.82, 2.24) is 10.2 Å². The molecule has 0 amide bonds. The van der Waals surface area contributed by atoms with Crippen molar-refractivity contribution in [2.45, 2.75) is 6.54 Å². The summed E-state index contributed by atoms with van der Waals surface area (Å²) in [6.07, 6.45) is 0. The van der Waals surface area contributed by atoms with Crippen LogP contribution in [-0.2, 0) is 6.54 Å². The molecule has 16 heavy (non-hydrogen) atoms. The number of nitrogens with two attached hydrogens (primary N) is 1. The smallest absolute Gasteiger partial charge is 0.136 e. The van der Waals surface area contributed by atoms with Gasteiger partial charge < -0.3 is 5.73 Å².